The van der Waals surface area contributed by atoms with Gasteiger partial charge in [-0.3, -0.25) is 9.20 Å². The number of rotatable bonds is 5. The third kappa shape index (κ3) is 2.49. The molecular weight excluding hydrogens is 236 g/mol. The van der Waals surface area contributed by atoms with E-state index in [0.29, 0.717) is 6.42 Å². The Hall–Kier alpha value is -1.36. The van der Waals surface area contributed by atoms with Gasteiger partial charge in [0.2, 0.25) is 0 Å². The van der Waals surface area contributed by atoms with Crippen molar-refractivity contribution in [1.29, 1.82) is 0 Å². The molecule has 2 aromatic rings. The molecule has 92 valence electrons. The number of hydrogen-bond acceptors (Lipinski definition) is 4. The smallest absolute Gasteiger partial charge is 0.305 e. The lowest BCUT2D eigenvalue weighted by molar-refractivity contribution is -0.140. The quantitative estimate of drug-likeness (QED) is 0.768. The molecule has 0 saturated carbocycles. The molecule has 2 aromatic heterocycles. The van der Waals surface area contributed by atoms with Gasteiger partial charge in [0.15, 0.2) is 4.96 Å². The second-order valence-electron chi connectivity index (χ2n) is 3.88. The first kappa shape index (κ1) is 12.1. The van der Waals surface area contributed by atoms with Crippen LogP contribution in [0.3, 0.4) is 0 Å². The SMILES string of the molecule is CCc1cnc2scc(CCCC(=O)OC)n12. The monoisotopic (exact) mass is 252 g/mol. The number of fused-ring (bicyclic) bond motifs is 1. The summed E-state index contributed by atoms with van der Waals surface area (Å²) in [7, 11) is 1.43. The van der Waals surface area contributed by atoms with Crippen molar-refractivity contribution in [2.24, 2.45) is 0 Å². The largest absolute Gasteiger partial charge is 0.469 e. The maximum absolute atomic E-state index is 11.0. The highest BCUT2D eigenvalue weighted by molar-refractivity contribution is 7.15. The number of esters is 1. The van der Waals surface area contributed by atoms with Crippen molar-refractivity contribution in [3.05, 3.63) is 23.0 Å². The van der Waals surface area contributed by atoms with Crippen LogP contribution in [0.4, 0.5) is 0 Å². The minimum absolute atomic E-state index is 0.141. The van der Waals surface area contributed by atoms with Gasteiger partial charge >= 0.3 is 5.97 Å². The van der Waals surface area contributed by atoms with Crippen LogP contribution in [-0.4, -0.2) is 22.5 Å². The van der Waals surface area contributed by atoms with Gasteiger partial charge in [-0.2, -0.15) is 0 Å². The van der Waals surface area contributed by atoms with E-state index in [-0.39, 0.29) is 5.97 Å². The number of hydrogen-bond donors (Lipinski definition) is 0. The summed E-state index contributed by atoms with van der Waals surface area (Å²) in [4.78, 5) is 16.4. The van der Waals surface area contributed by atoms with E-state index in [1.807, 2.05) is 6.20 Å². The van der Waals surface area contributed by atoms with Gasteiger partial charge in [0, 0.05) is 23.2 Å². The van der Waals surface area contributed by atoms with Crippen LogP contribution in [0.25, 0.3) is 4.96 Å². The van der Waals surface area contributed by atoms with Crippen LogP contribution in [0.1, 0.15) is 31.2 Å². The van der Waals surface area contributed by atoms with Crippen LogP contribution in [0.5, 0.6) is 0 Å². The van der Waals surface area contributed by atoms with E-state index < -0.39 is 0 Å². The zero-order valence-electron chi connectivity index (χ0n) is 10.1. The molecule has 0 fully saturated rings. The molecule has 0 atom stereocenters. The summed E-state index contributed by atoms with van der Waals surface area (Å²) in [6.07, 6.45) is 5.08. The second kappa shape index (κ2) is 5.31. The third-order valence-corrected chi connectivity index (χ3v) is 3.68. The fraction of sp³-hybridized carbons (Fsp3) is 0.500. The van der Waals surface area contributed by atoms with Gasteiger partial charge in [-0.25, -0.2) is 4.98 Å². The summed E-state index contributed by atoms with van der Waals surface area (Å²) in [5.41, 5.74) is 2.47. The highest BCUT2D eigenvalue weighted by Gasteiger charge is 2.09. The fourth-order valence-electron chi connectivity index (χ4n) is 1.87. The van der Waals surface area contributed by atoms with Crippen molar-refractivity contribution in [3.63, 3.8) is 0 Å². The second-order valence-corrected chi connectivity index (χ2v) is 4.71. The normalized spacial score (nSPS) is 10.9. The molecule has 0 amide bonds. The Morgan fingerprint density at radius 1 is 1.53 bits per heavy atom. The molecular formula is C12H16N2O2S. The number of thiazole rings is 1. The minimum atomic E-state index is -0.141. The van der Waals surface area contributed by atoms with E-state index in [2.05, 4.69) is 26.4 Å². The Morgan fingerprint density at radius 3 is 3.06 bits per heavy atom. The van der Waals surface area contributed by atoms with E-state index >= 15 is 0 Å². The first-order chi connectivity index (χ1) is 8.26. The van der Waals surface area contributed by atoms with Gasteiger partial charge in [-0.05, 0) is 19.3 Å². The molecule has 0 spiro atoms. The molecule has 2 heterocycles. The predicted octanol–water partition coefficient (Wildman–Crippen LogP) is 2.45. The number of methoxy groups -OCH3 is 1. The Morgan fingerprint density at radius 2 is 2.35 bits per heavy atom. The fourth-order valence-corrected chi connectivity index (χ4v) is 2.79. The van der Waals surface area contributed by atoms with E-state index in [1.165, 1.54) is 18.5 Å². The molecule has 2 rings (SSSR count). The molecule has 17 heavy (non-hydrogen) atoms. The van der Waals surface area contributed by atoms with E-state index in [9.17, 15) is 4.79 Å². The average Bonchev–Trinajstić information content (AvgIpc) is 2.91. The summed E-state index contributed by atoms with van der Waals surface area (Å²) >= 11 is 1.65. The number of imidazole rings is 1. The van der Waals surface area contributed by atoms with Gasteiger partial charge in [0.1, 0.15) is 0 Å². The molecule has 0 radical (unpaired) electrons. The first-order valence-corrected chi connectivity index (χ1v) is 6.63. The number of aromatic nitrogens is 2. The Bertz CT molecular complexity index is 516. The molecule has 4 nitrogen and oxygen atoms in total. The van der Waals surface area contributed by atoms with E-state index in [0.717, 1.165) is 24.2 Å². The molecule has 0 aliphatic rings. The Labute approximate surface area is 104 Å². The highest BCUT2D eigenvalue weighted by atomic mass is 32.1. The summed E-state index contributed by atoms with van der Waals surface area (Å²) in [5, 5.41) is 2.12. The van der Waals surface area contributed by atoms with E-state index in [1.54, 1.807) is 11.3 Å². The Balaban J connectivity index is 2.07. The van der Waals surface area contributed by atoms with Crippen LogP contribution in [0, 0.1) is 0 Å². The number of carbonyl (C=O) groups excluding carboxylic acids is 1. The molecule has 0 aliphatic heterocycles. The lowest BCUT2D eigenvalue weighted by atomic mass is 10.2. The summed E-state index contributed by atoms with van der Waals surface area (Å²) in [5.74, 6) is -0.141. The van der Waals surface area contributed by atoms with Crippen LogP contribution in [-0.2, 0) is 22.4 Å². The zero-order chi connectivity index (χ0) is 12.3. The van der Waals surface area contributed by atoms with Crippen molar-refractivity contribution >= 4 is 22.3 Å². The number of aryl methyl sites for hydroxylation is 2. The van der Waals surface area contributed by atoms with Crippen LogP contribution >= 0.6 is 11.3 Å². The van der Waals surface area contributed by atoms with Gasteiger partial charge < -0.3 is 4.74 Å². The molecule has 0 aromatic carbocycles. The number of ether oxygens (including phenoxy) is 1. The molecule has 0 N–H and O–H groups in total. The van der Waals surface area contributed by atoms with Crippen molar-refractivity contribution in [2.45, 2.75) is 32.6 Å². The van der Waals surface area contributed by atoms with E-state index in [4.69, 9.17) is 0 Å². The van der Waals surface area contributed by atoms with Gasteiger partial charge in [-0.1, -0.05) is 6.92 Å². The van der Waals surface area contributed by atoms with Crippen LogP contribution in [0.15, 0.2) is 11.6 Å². The Kier molecular flexibility index (Phi) is 3.78. The number of nitrogens with zero attached hydrogens (tertiary/aromatic N) is 2. The molecule has 0 saturated heterocycles. The summed E-state index contributed by atoms with van der Waals surface area (Å²) in [6.45, 7) is 2.12. The van der Waals surface area contributed by atoms with Gasteiger partial charge in [0.25, 0.3) is 0 Å². The molecule has 0 bridgehead atoms. The first-order valence-electron chi connectivity index (χ1n) is 5.75. The van der Waals surface area contributed by atoms with Crippen molar-refractivity contribution in [2.75, 3.05) is 7.11 Å². The summed E-state index contributed by atoms with van der Waals surface area (Å²) in [6, 6.07) is 0. The zero-order valence-corrected chi connectivity index (χ0v) is 10.9. The number of carbonyl (C=O) groups is 1. The molecule has 0 unspecified atom stereocenters. The lowest BCUT2D eigenvalue weighted by Crippen LogP contribution is -2.02. The molecule has 5 heteroatoms. The topological polar surface area (TPSA) is 43.6 Å². The lowest BCUT2D eigenvalue weighted by Gasteiger charge is -2.02. The van der Waals surface area contributed by atoms with Crippen LogP contribution < -0.4 is 0 Å². The minimum Gasteiger partial charge on any atom is -0.469 e. The van der Waals surface area contributed by atoms with Gasteiger partial charge in [0.05, 0.1) is 13.3 Å². The van der Waals surface area contributed by atoms with Crippen molar-refractivity contribution < 1.29 is 9.53 Å². The van der Waals surface area contributed by atoms with Crippen LogP contribution in [0.2, 0.25) is 0 Å². The highest BCUT2D eigenvalue weighted by Crippen LogP contribution is 2.20. The maximum Gasteiger partial charge on any atom is 0.305 e. The summed E-state index contributed by atoms with van der Waals surface area (Å²) < 4.78 is 6.83. The van der Waals surface area contributed by atoms with Crippen molar-refractivity contribution in [3.8, 4) is 0 Å². The van der Waals surface area contributed by atoms with Gasteiger partial charge in [-0.15, -0.1) is 11.3 Å². The predicted molar refractivity (Wildman–Crippen MR) is 67.4 cm³/mol. The van der Waals surface area contributed by atoms with Crippen molar-refractivity contribution in [1.82, 2.24) is 9.38 Å². The standard InChI is InChI=1S/C12H16N2O2S/c1-3-9-7-13-12-14(9)10(8-17-12)5-4-6-11(15)16-2/h7-8H,3-6H2,1-2H3. The third-order valence-electron chi connectivity index (χ3n) is 2.79. The molecule has 0 aliphatic carbocycles. The maximum atomic E-state index is 11.0. The average molecular weight is 252 g/mol.